The molecular formula is C11H15NO3. The van der Waals surface area contributed by atoms with E-state index in [0.717, 1.165) is 17.1 Å². The van der Waals surface area contributed by atoms with Crippen LogP contribution in [0.15, 0.2) is 18.2 Å². The number of benzene rings is 1. The molecule has 1 aromatic rings. The highest BCUT2D eigenvalue weighted by atomic mass is 16.5. The molecule has 1 aliphatic rings. The molecule has 2 N–H and O–H groups in total. The van der Waals surface area contributed by atoms with Crippen LogP contribution < -0.4 is 15.2 Å². The van der Waals surface area contributed by atoms with E-state index in [0.29, 0.717) is 19.8 Å². The molecule has 15 heavy (non-hydrogen) atoms. The highest BCUT2D eigenvalue weighted by Gasteiger charge is 2.24. The highest BCUT2D eigenvalue weighted by Crippen LogP contribution is 2.37. The molecule has 0 spiro atoms. The van der Waals surface area contributed by atoms with E-state index >= 15 is 0 Å². The van der Waals surface area contributed by atoms with Gasteiger partial charge in [0, 0.05) is 7.11 Å². The Hall–Kier alpha value is -1.26. The van der Waals surface area contributed by atoms with Crippen molar-refractivity contribution < 1.29 is 14.2 Å². The van der Waals surface area contributed by atoms with Crippen molar-refractivity contribution in [2.24, 2.45) is 5.73 Å². The van der Waals surface area contributed by atoms with Gasteiger partial charge in [-0.2, -0.15) is 0 Å². The molecule has 0 fully saturated rings. The molecule has 0 radical (unpaired) electrons. The first-order valence-electron chi connectivity index (χ1n) is 4.96. The zero-order valence-electron chi connectivity index (χ0n) is 8.73. The van der Waals surface area contributed by atoms with Crippen molar-refractivity contribution in [3.05, 3.63) is 23.8 Å². The summed E-state index contributed by atoms with van der Waals surface area (Å²) in [5.41, 5.74) is 6.88. The predicted molar refractivity (Wildman–Crippen MR) is 56.2 cm³/mol. The molecule has 0 aromatic heterocycles. The van der Waals surface area contributed by atoms with E-state index in [4.69, 9.17) is 19.9 Å². The summed E-state index contributed by atoms with van der Waals surface area (Å²) in [4.78, 5) is 0. The SMILES string of the molecule is COCCOc1cccc2c1C(N)CO2. The van der Waals surface area contributed by atoms with Crippen LogP contribution in [0.1, 0.15) is 11.6 Å². The molecule has 0 amide bonds. The van der Waals surface area contributed by atoms with Crippen molar-refractivity contribution in [3.63, 3.8) is 0 Å². The lowest BCUT2D eigenvalue weighted by Gasteiger charge is -2.10. The van der Waals surface area contributed by atoms with Crippen molar-refractivity contribution in [1.82, 2.24) is 0 Å². The Balaban J connectivity index is 2.14. The highest BCUT2D eigenvalue weighted by molar-refractivity contribution is 5.49. The lowest BCUT2D eigenvalue weighted by Crippen LogP contribution is -2.13. The Morgan fingerprint density at radius 2 is 2.33 bits per heavy atom. The fourth-order valence-corrected chi connectivity index (χ4v) is 1.64. The van der Waals surface area contributed by atoms with Gasteiger partial charge in [0.25, 0.3) is 0 Å². The van der Waals surface area contributed by atoms with Gasteiger partial charge < -0.3 is 19.9 Å². The Bertz CT molecular complexity index is 341. The summed E-state index contributed by atoms with van der Waals surface area (Å²) in [6.07, 6.45) is 0. The molecule has 2 rings (SSSR count). The summed E-state index contributed by atoms with van der Waals surface area (Å²) in [7, 11) is 1.65. The second-order valence-corrected chi connectivity index (χ2v) is 3.43. The van der Waals surface area contributed by atoms with Gasteiger partial charge in [-0.15, -0.1) is 0 Å². The van der Waals surface area contributed by atoms with Crippen LogP contribution in [0.2, 0.25) is 0 Å². The van der Waals surface area contributed by atoms with Crippen molar-refractivity contribution in [2.75, 3.05) is 26.9 Å². The first kappa shape index (κ1) is 10.3. The van der Waals surface area contributed by atoms with Crippen molar-refractivity contribution in [1.29, 1.82) is 0 Å². The third-order valence-corrected chi connectivity index (χ3v) is 2.36. The lowest BCUT2D eigenvalue weighted by atomic mass is 10.1. The molecule has 1 aliphatic heterocycles. The zero-order chi connectivity index (χ0) is 10.7. The average molecular weight is 209 g/mol. The fraction of sp³-hybridized carbons (Fsp3) is 0.455. The van der Waals surface area contributed by atoms with Gasteiger partial charge in [-0.3, -0.25) is 0 Å². The molecule has 0 aliphatic carbocycles. The number of ether oxygens (including phenoxy) is 3. The first-order chi connectivity index (χ1) is 7.33. The molecule has 1 atom stereocenters. The summed E-state index contributed by atoms with van der Waals surface area (Å²) in [5.74, 6) is 1.63. The number of fused-ring (bicyclic) bond motifs is 1. The van der Waals surface area contributed by atoms with Crippen molar-refractivity contribution in [2.45, 2.75) is 6.04 Å². The van der Waals surface area contributed by atoms with E-state index in [2.05, 4.69) is 0 Å². The van der Waals surface area contributed by atoms with E-state index in [9.17, 15) is 0 Å². The minimum absolute atomic E-state index is 0.0845. The molecular weight excluding hydrogens is 194 g/mol. The van der Waals surface area contributed by atoms with Crippen LogP contribution in [-0.2, 0) is 4.74 Å². The first-order valence-corrected chi connectivity index (χ1v) is 4.96. The van der Waals surface area contributed by atoms with E-state index in [1.54, 1.807) is 7.11 Å². The molecule has 82 valence electrons. The van der Waals surface area contributed by atoms with Gasteiger partial charge in [0.05, 0.1) is 18.2 Å². The summed E-state index contributed by atoms with van der Waals surface area (Å²) in [6.45, 7) is 1.62. The minimum Gasteiger partial charge on any atom is -0.491 e. The number of nitrogens with two attached hydrogens (primary N) is 1. The molecule has 1 unspecified atom stereocenters. The molecule has 1 heterocycles. The summed E-state index contributed by atoms with van der Waals surface area (Å²) < 4.78 is 15.9. The van der Waals surface area contributed by atoms with Gasteiger partial charge in [0.1, 0.15) is 24.7 Å². The van der Waals surface area contributed by atoms with Crippen LogP contribution in [-0.4, -0.2) is 26.9 Å². The number of hydrogen-bond donors (Lipinski definition) is 1. The predicted octanol–water partition coefficient (Wildman–Crippen LogP) is 1.10. The van der Waals surface area contributed by atoms with Gasteiger partial charge >= 0.3 is 0 Å². The Morgan fingerprint density at radius 3 is 3.13 bits per heavy atom. The van der Waals surface area contributed by atoms with Gasteiger partial charge in [0.2, 0.25) is 0 Å². The Labute approximate surface area is 88.9 Å². The van der Waals surface area contributed by atoms with E-state index < -0.39 is 0 Å². The van der Waals surface area contributed by atoms with Crippen LogP contribution in [0.25, 0.3) is 0 Å². The zero-order valence-corrected chi connectivity index (χ0v) is 8.73. The summed E-state index contributed by atoms with van der Waals surface area (Å²) >= 11 is 0. The second kappa shape index (κ2) is 4.51. The lowest BCUT2D eigenvalue weighted by molar-refractivity contribution is 0.145. The van der Waals surface area contributed by atoms with E-state index in [-0.39, 0.29) is 6.04 Å². The minimum atomic E-state index is -0.0845. The van der Waals surface area contributed by atoms with Gasteiger partial charge in [-0.1, -0.05) is 6.07 Å². The molecule has 0 saturated carbocycles. The third-order valence-electron chi connectivity index (χ3n) is 2.36. The topological polar surface area (TPSA) is 53.7 Å². The molecule has 4 heteroatoms. The number of hydrogen-bond acceptors (Lipinski definition) is 4. The summed E-state index contributed by atoms with van der Waals surface area (Å²) in [6, 6.07) is 5.63. The van der Waals surface area contributed by atoms with E-state index in [1.165, 1.54) is 0 Å². The largest absolute Gasteiger partial charge is 0.491 e. The quantitative estimate of drug-likeness (QED) is 0.754. The maximum absolute atomic E-state index is 5.92. The van der Waals surface area contributed by atoms with Crippen LogP contribution in [0, 0.1) is 0 Å². The Morgan fingerprint density at radius 1 is 1.47 bits per heavy atom. The maximum atomic E-state index is 5.92. The smallest absolute Gasteiger partial charge is 0.128 e. The average Bonchev–Trinajstić information content (AvgIpc) is 2.62. The standard InChI is InChI=1S/C11H15NO3/c1-13-5-6-14-9-3-2-4-10-11(9)8(12)7-15-10/h2-4,8H,5-7,12H2,1H3. The summed E-state index contributed by atoms with van der Waals surface area (Å²) in [5, 5.41) is 0. The fourth-order valence-electron chi connectivity index (χ4n) is 1.64. The van der Waals surface area contributed by atoms with Crippen LogP contribution in [0.3, 0.4) is 0 Å². The molecule has 1 aromatic carbocycles. The van der Waals surface area contributed by atoms with Gasteiger partial charge in [0.15, 0.2) is 0 Å². The second-order valence-electron chi connectivity index (χ2n) is 3.43. The van der Waals surface area contributed by atoms with Crippen molar-refractivity contribution in [3.8, 4) is 11.5 Å². The van der Waals surface area contributed by atoms with Crippen LogP contribution in [0.5, 0.6) is 11.5 Å². The van der Waals surface area contributed by atoms with Gasteiger partial charge in [-0.25, -0.2) is 0 Å². The molecule has 0 bridgehead atoms. The van der Waals surface area contributed by atoms with E-state index in [1.807, 2.05) is 18.2 Å². The number of methoxy groups -OCH3 is 1. The van der Waals surface area contributed by atoms with Gasteiger partial charge in [-0.05, 0) is 12.1 Å². The van der Waals surface area contributed by atoms with Crippen molar-refractivity contribution >= 4 is 0 Å². The van der Waals surface area contributed by atoms with Crippen LogP contribution in [0.4, 0.5) is 0 Å². The number of rotatable bonds is 4. The monoisotopic (exact) mass is 209 g/mol. The molecule has 4 nitrogen and oxygen atoms in total. The third kappa shape index (κ3) is 2.06. The van der Waals surface area contributed by atoms with Crippen LogP contribution >= 0.6 is 0 Å². The Kier molecular flexibility index (Phi) is 3.08. The molecule has 0 saturated heterocycles. The maximum Gasteiger partial charge on any atom is 0.128 e. The normalized spacial score (nSPS) is 18.4.